The minimum Gasteiger partial charge on any atom is -0.481 e. The van der Waals surface area contributed by atoms with E-state index in [-0.39, 0.29) is 44.4 Å². The molecule has 0 heterocycles. The maximum Gasteiger partial charge on any atom is 0.322 e. The lowest BCUT2D eigenvalue weighted by Crippen LogP contribution is -2.45. The molecule has 0 aliphatic heterocycles. The van der Waals surface area contributed by atoms with Gasteiger partial charge in [0.25, 0.3) is 5.91 Å². The molecule has 1 fully saturated rings. The number of aliphatic carboxylic acids is 1. The Morgan fingerprint density at radius 2 is 1.64 bits per heavy atom. The molecule has 2 aromatic rings. The van der Waals surface area contributed by atoms with Gasteiger partial charge in [0, 0.05) is 40.4 Å². The predicted octanol–water partition coefficient (Wildman–Crippen LogP) is 6.31. The molecule has 0 spiro atoms. The molecule has 2 aromatic carbocycles. The molecule has 0 aromatic heterocycles. The standard InChI is InChI=1S/C26H31Cl2N3O4.H2S/c1-17(19-5-3-2-4-6-19)31(26(35)30-23-14-21(27)13-22(28)15-23)16-18-7-9-20(10-8-18)25(34)29-12-11-24(32)33;/h7-10,13-15,17,19H,2-6,11-12,16H2,1H3,(H,29,34)(H,30,35)(H,32,33);1H2/t17-;/m0./s1. The number of carbonyl (C=O) groups excluding carboxylic acids is 2. The van der Waals surface area contributed by atoms with E-state index < -0.39 is 5.97 Å². The number of amides is 3. The van der Waals surface area contributed by atoms with Gasteiger partial charge in [0.15, 0.2) is 0 Å². The Balaban J connectivity index is 0.00000456. The van der Waals surface area contributed by atoms with Crippen LogP contribution in [0, 0.1) is 5.92 Å². The zero-order chi connectivity index (χ0) is 25.4. The Morgan fingerprint density at radius 3 is 2.22 bits per heavy atom. The molecule has 1 atom stereocenters. The molecule has 7 nitrogen and oxygen atoms in total. The number of halogens is 2. The molecule has 3 amide bonds. The minimum absolute atomic E-state index is 0. The monoisotopic (exact) mass is 553 g/mol. The first-order chi connectivity index (χ1) is 16.7. The molecule has 0 unspecified atom stereocenters. The van der Waals surface area contributed by atoms with E-state index in [1.807, 2.05) is 17.0 Å². The van der Waals surface area contributed by atoms with Crippen molar-refractivity contribution in [1.82, 2.24) is 10.2 Å². The number of carbonyl (C=O) groups is 3. The number of rotatable bonds is 9. The fourth-order valence-electron chi connectivity index (χ4n) is 4.44. The largest absolute Gasteiger partial charge is 0.481 e. The SMILES string of the molecule is C[C@@H](C1CCCCC1)N(Cc1ccc(C(=O)NCCC(=O)O)cc1)C(=O)Nc1cc(Cl)cc(Cl)c1.S. The van der Waals surface area contributed by atoms with Crippen LogP contribution in [0.4, 0.5) is 10.5 Å². The number of nitrogens with one attached hydrogen (secondary N) is 2. The van der Waals surface area contributed by atoms with Crippen LogP contribution in [0.1, 0.15) is 61.4 Å². The average molecular weight is 555 g/mol. The fourth-order valence-corrected chi connectivity index (χ4v) is 4.96. The number of hydrogen-bond acceptors (Lipinski definition) is 3. The fraction of sp³-hybridized carbons (Fsp3) is 0.423. The molecule has 36 heavy (non-hydrogen) atoms. The number of carboxylic acids is 1. The van der Waals surface area contributed by atoms with Crippen LogP contribution in [0.25, 0.3) is 0 Å². The quantitative estimate of drug-likeness (QED) is 0.338. The summed E-state index contributed by atoms with van der Waals surface area (Å²) in [7, 11) is 0. The van der Waals surface area contributed by atoms with Crippen molar-refractivity contribution in [2.45, 2.75) is 58.0 Å². The summed E-state index contributed by atoms with van der Waals surface area (Å²) in [5.41, 5.74) is 1.85. The third-order valence-electron chi connectivity index (χ3n) is 6.39. The van der Waals surface area contributed by atoms with Crippen molar-refractivity contribution in [2.75, 3.05) is 11.9 Å². The zero-order valence-corrected chi connectivity index (χ0v) is 22.7. The second-order valence-corrected chi connectivity index (χ2v) is 9.82. The van der Waals surface area contributed by atoms with Gasteiger partial charge in [-0.05, 0) is 61.6 Å². The highest BCUT2D eigenvalue weighted by Crippen LogP contribution is 2.30. The Bertz CT molecular complexity index is 1030. The lowest BCUT2D eigenvalue weighted by atomic mass is 9.84. The van der Waals surface area contributed by atoms with Crippen LogP contribution >= 0.6 is 36.7 Å². The van der Waals surface area contributed by atoms with Gasteiger partial charge in [-0.25, -0.2) is 4.79 Å². The molecule has 3 rings (SSSR count). The first-order valence-electron chi connectivity index (χ1n) is 11.9. The van der Waals surface area contributed by atoms with Crippen molar-refractivity contribution >= 4 is 60.3 Å². The Kier molecular flexibility index (Phi) is 11.9. The second kappa shape index (κ2) is 14.4. The smallest absolute Gasteiger partial charge is 0.322 e. The summed E-state index contributed by atoms with van der Waals surface area (Å²) in [5, 5.41) is 15.1. The number of anilines is 1. The van der Waals surface area contributed by atoms with Gasteiger partial charge in [-0.15, -0.1) is 0 Å². The van der Waals surface area contributed by atoms with Gasteiger partial charge in [-0.3, -0.25) is 9.59 Å². The molecule has 3 N–H and O–H groups in total. The van der Waals surface area contributed by atoms with Crippen LogP contribution < -0.4 is 10.6 Å². The molecular formula is C26H33Cl2N3O4S. The van der Waals surface area contributed by atoms with Crippen molar-refractivity contribution in [1.29, 1.82) is 0 Å². The van der Waals surface area contributed by atoms with Crippen LogP contribution in [0.5, 0.6) is 0 Å². The van der Waals surface area contributed by atoms with E-state index >= 15 is 0 Å². The molecule has 10 heteroatoms. The van der Waals surface area contributed by atoms with E-state index in [0.29, 0.717) is 33.8 Å². The van der Waals surface area contributed by atoms with Gasteiger partial charge in [0.2, 0.25) is 0 Å². The minimum atomic E-state index is -0.967. The van der Waals surface area contributed by atoms with E-state index in [1.165, 1.54) is 19.3 Å². The average Bonchev–Trinajstić information content (AvgIpc) is 2.82. The third kappa shape index (κ3) is 8.91. The molecule has 1 aliphatic carbocycles. The maximum absolute atomic E-state index is 13.4. The number of hydrogen-bond donors (Lipinski definition) is 3. The van der Waals surface area contributed by atoms with Crippen LogP contribution in [-0.2, 0) is 11.3 Å². The van der Waals surface area contributed by atoms with Crippen LogP contribution in [-0.4, -0.2) is 40.5 Å². The summed E-state index contributed by atoms with van der Waals surface area (Å²) < 4.78 is 0. The number of nitrogens with zero attached hydrogens (tertiary/aromatic N) is 1. The Hall–Kier alpha value is -2.42. The first-order valence-corrected chi connectivity index (χ1v) is 12.6. The second-order valence-electron chi connectivity index (χ2n) is 8.95. The summed E-state index contributed by atoms with van der Waals surface area (Å²) >= 11 is 12.2. The van der Waals surface area contributed by atoms with Crippen molar-refractivity contribution in [2.24, 2.45) is 5.92 Å². The van der Waals surface area contributed by atoms with Gasteiger partial charge < -0.3 is 20.6 Å². The molecule has 0 saturated heterocycles. The molecular weight excluding hydrogens is 521 g/mol. The van der Waals surface area contributed by atoms with Crippen LogP contribution in [0.2, 0.25) is 10.0 Å². The number of carboxylic acid groups (broad SMARTS) is 1. The number of urea groups is 1. The Morgan fingerprint density at radius 1 is 1.03 bits per heavy atom. The molecule has 0 radical (unpaired) electrons. The zero-order valence-electron chi connectivity index (χ0n) is 20.2. The van der Waals surface area contributed by atoms with E-state index in [0.717, 1.165) is 18.4 Å². The summed E-state index contributed by atoms with van der Waals surface area (Å²) in [4.78, 5) is 38.1. The van der Waals surface area contributed by atoms with Crippen molar-refractivity contribution in [3.05, 3.63) is 63.6 Å². The van der Waals surface area contributed by atoms with Crippen molar-refractivity contribution in [3.8, 4) is 0 Å². The van der Waals surface area contributed by atoms with Crippen LogP contribution in [0.3, 0.4) is 0 Å². The van der Waals surface area contributed by atoms with Gasteiger partial charge in [0.1, 0.15) is 0 Å². The van der Waals surface area contributed by atoms with E-state index in [1.54, 1.807) is 30.3 Å². The topological polar surface area (TPSA) is 98.7 Å². The van der Waals surface area contributed by atoms with E-state index in [4.69, 9.17) is 28.3 Å². The molecule has 1 saturated carbocycles. The normalized spacial score (nSPS) is 14.3. The van der Waals surface area contributed by atoms with E-state index in [2.05, 4.69) is 17.6 Å². The van der Waals surface area contributed by atoms with Gasteiger partial charge in [0.05, 0.1) is 6.42 Å². The van der Waals surface area contributed by atoms with Gasteiger partial charge in [-0.2, -0.15) is 13.5 Å². The highest BCUT2D eigenvalue weighted by Gasteiger charge is 2.29. The summed E-state index contributed by atoms with van der Waals surface area (Å²) in [5.74, 6) is -0.885. The highest BCUT2D eigenvalue weighted by molar-refractivity contribution is 7.59. The lowest BCUT2D eigenvalue weighted by molar-refractivity contribution is -0.136. The first kappa shape index (κ1) is 29.8. The molecule has 196 valence electrons. The summed E-state index contributed by atoms with van der Waals surface area (Å²) in [6.45, 7) is 2.53. The van der Waals surface area contributed by atoms with Crippen LogP contribution in [0.15, 0.2) is 42.5 Å². The maximum atomic E-state index is 13.4. The Labute approximate surface area is 229 Å². The van der Waals surface area contributed by atoms with E-state index in [9.17, 15) is 14.4 Å². The third-order valence-corrected chi connectivity index (χ3v) is 6.83. The van der Waals surface area contributed by atoms with Crippen molar-refractivity contribution < 1.29 is 19.5 Å². The predicted molar refractivity (Wildman–Crippen MR) is 148 cm³/mol. The molecule has 1 aliphatic rings. The lowest BCUT2D eigenvalue weighted by Gasteiger charge is -2.37. The van der Waals surface area contributed by atoms with Gasteiger partial charge >= 0.3 is 12.0 Å². The molecule has 0 bridgehead atoms. The summed E-state index contributed by atoms with van der Waals surface area (Å²) in [6, 6.07) is 11.7. The highest BCUT2D eigenvalue weighted by atomic mass is 35.5. The summed E-state index contributed by atoms with van der Waals surface area (Å²) in [6.07, 6.45) is 5.60. The van der Waals surface area contributed by atoms with Crippen molar-refractivity contribution in [3.63, 3.8) is 0 Å². The van der Waals surface area contributed by atoms with Gasteiger partial charge in [-0.1, -0.05) is 54.6 Å². The number of benzene rings is 2.